The van der Waals surface area contributed by atoms with Crippen LogP contribution in [0.3, 0.4) is 0 Å². The quantitative estimate of drug-likeness (QED) is 0.184. The molecule has 2 heterocycles. The molecular weight excluding hydrogens is 651 g/mol. The van der Waals surface area contributed by atoms with Gasteiger partial charge in [0.15, 0.2) is 0 Å². The minimum absolute atomic E-state index is 0.0199. The maximum absolute atomic E-state index is 6.21. The molecule has 3 heteroatoms. The highest BCUT2D eigenvalue weighted by atomic mass is 32.1. The van der Waals surface area contributed by atoms with Gasteiger partial charge in [0.25, 0.3) is 0 Å². The third-order valence-corrected chi connectivity index (χ3v) is 12.5. The number of thiophene rings is 1. The lowest BCUT2D eigenvalue weighted by molar-refractivity contribution is 0.661. The highest BCUT2D eigenvalue weighted by Crippen LogP contribution is 2.54. The normalized spacial score (nSPS) is 13.3. The van der Waals surface area contributed by atoms with E-state index in [0.29, 0.717) is 0 Å². The van der Waals surface area contributed by atoms with Crippen LogP contribution in [-0.2, 0) is 5.41 Å². The van der Waals surface area contributed by atoms with Gasteiger partial charge in [-0.1, -0.05) is 123 Å². The van der Waals surface area contributed by atoms with Gasteiger partial charge in [0.05, 0.1) is 0 Å². The molecule has 0 saturated carbocycles. The lowest BCUT2D eigenvalue weighted by atomic mass is 9.82. The number of para-hydroxylation sites is 1. The van der Waals surface area contributed by atoms with Crippen molar-refractivity contribution in [2.24, 2.45) is 0 Å². The zero-order valence-electron chi connectivity index (χ0n) is 28.9. The third-order valence-electron chi connectivity index (χ3n) is 11.3. The molecule has 11 rings (SSSR count). The van der Waals surface area contributed by atoms with Crippen LogP contribution in [-0.4, -0.2) is 0 Å². The van der Waals surface area contributed by atoms with Crippen LogP contribution in [0.15, 0.2) is 168 Å². The maximum atomic E-state index is 6.21. The molecule has 0 saturated heterocycles. The van der Waals surface area contributed by atoms with Crippen molar-refractivity contribution in [3.63, 3.8) is 0 Å². The minimum Gasteiger partial charge on any atom is -0.456 e. The van der Waals surface area contributed by atoms with Crippen molar-refractivity contribution >= 4 is 81.3 Å². The smallest absolute Gasteiger partial charge is 0.135 e. The van der Waals surface area contributed by atoms with E-state index in [4.69, 9.17) is 4.42 Å². The van der Waals surface area contributed by atoms with Gasteiger partial charge in [0.1, 0.15) is 11.2 Å². The number of benzene rings is 8. The molecule has 1 aliphatic carbocycles. The molecule has 0 bridgehead atoms. The Morgan fingerprint density at radius 3 is 2.10 bits per heavy atom. The van der Waals surface area contributed by atoms with Gasteiger partial charge >= 0.3 is 0 Å². The molecule has 0 atom stereocenters. The summed E-state index contributed by atoms with van der Waals surface area (Å²) in [6.07, 6.45) is 0. The van der Waals surface area contributed by atoms with Gasteiger partial charge in [-0.05, 0) is 98.8 Å². The molecule has 0 N–H and O–H groups in total. The summed E-state index contributed by atoms with van der Waals surface area (Å²) in [6.45, 7) is 4.73. The fourth-order valence-electron chi connectivity index (χ4n) is 8.72. The predicted octanol–water partition coefficient (Wildman–Crippen LogP) is 14.6. The van der Waals surface area contributed by atoms with Crippen LogP contribution in [0, 0.1) is 0 Å². The fraction of sp³-hybridized carbons (Fsp3) is 0.0612. The van der Waals surface area contributed by atoms with Crippen molar-refractivity contribution in [2.75, 3.05) is 4.90 Å². The second-order valence-corrected chi connectivity index (χ2v) is 15.6. The number of fused-ring (bicyclic) bond motifs is 11. The Bertz CT molecular complexity index is 3050. The van der Waals surface area contributed by atoms with Gasteiger partial charge in [-0.3, -0.25) is 0 Å². The van der Waals surface area contributed by atoms with Crippen molar-refractivity contribution in [1.82, 2.24) is 0 Å². The summed E-state index contributed by atoms with van der Waals surface area (Å²) < 4.78 is 8.89. The van der Waals surface area contributed by atoms with E-state index in [1.54, 1.807) is 0 Å². The van der Waals surface area contributed by atoms with Crippen molar-refractivity contribution in [3.05, 3.63) is 175 Å². The van der Waals surface area contributed by atoms with Gasteiger partial charge in [0, 0.05) is 53.4 Å². The molecular formula is C49H33NOS. The second kappa shape index (κ2) is 10.9. The molecule has 0 unspecified atom stereocenters. The Balaban J connectivity index is 1.06. The molecule has 0 radical (unpaired) electrons. The van der Waals surface area contributed by atoms with E-state index >= 15 is 0 Å². The van der Waals surface area contributed by atoms with Crippen LogP contribution in [0.25, 0.3) is 75.1 Å². The summed E-state index contributed by atoms with van der Waals surface area (Å²) in [5.74, 6) is 0. The number of rotatable bonds is 4. The predicted molar refractivity (Wildman–Crippen MR) is 222 cm³/mol. The van der Waals surface area contributed by atoms with Crippen LogP contribution in [0.1, 0.15) is 25.0 Å². The Morgan fingerprint density at radius 2 is 1.19 bits per heavy atom. The molecule has 2 nitrogen and oxygen atoms in total. The first-order valence-electron chi connectivity index (χ1n) is 17.9. The third kappa shape index (κ3) is 4.23. The number of furan rings is 1. The maximum Gasteiger partial charge on any atom is 0.135 e. The number of hydrogen-bond donors (Lipinski definition) is 0. The first-order valence-corrected chi connectivity index (χ1v) is 18.7. The van der Waals surface area contributed by atoms with E-state index in [9.17, 15) is 0 Å². The molecule has 0 spiro atoms. The Kier molecular flexibility index (Phi) is 6.21. The largest absolute Gasteiger partial charge is 0.456 e. The van der Waals surface area contributed by atoms with Crippen LogP contribution >= 0.6 is 11.3 Å². The summed E-state index contributed by atoms with van der Waals surface area (Å²) in [4.78, 5) is 2.36. The molecule has 0 fully saturated rings. The minimum atomic E-state index is -0.0199. The lowest BCUT2D eigenvalue weighted by Gasteiger charge is -2.26. The van der Waals surface area contributed by atoms with E-state index in [0.717, 1.165) is 39.0 Å². The van der Waals surface area contributed by atoms with E-state index < -0.39 is 0 Å². The molecule has 52 heavy (non-hydrogen) atoms. The van der Waals surface area contributed by atoms with Gasteiger partial charge < -0.3 is 9.32 Å². The fourth-order valence-corrected chi connectivity index (χ4v) is 9.96. The van der Waals surface area contributed by atoms with E-state index in [2.05, 4.69) is 170 Å². The van der Waals surface area contributed by atoms with E-state index in [-0.39, 0.29) is 5.41 Å². The molecule has 0 aliphatic heterocycles. The average molecular weight is 684 g/mol. The van der Waals surface area contributed by atoms with Gasteiger partial charge in [-0.25, -0.2) is 0 Å². The van der Waals surface area contributed by atoms with Gasteiger partial charge in [0.2, 0.25) is 0 Å². The first kappa shape index (κ1) is 29.6. The second-order valence-electron chi connectivity index (χ2n) is 14.5. The molecule has 1 aliphatic rings. The molecule has 8 aromatic carbocycles. The zero-order chi connectivity index (χ0) is 34.6. The van der Waals surface area contributed by atoms with Crippen molar-refractivity contribution in [3.8, 4) is 22.3 Å². The summed E-state index contributed by atoms with van der Waals surface area (Å²) in [7, 11) is 0. The van der Waals surface area contributed by atoms with Gasteiger partial charge in [-0.2, -0.15) is 0 Å². The van der Waals surface area contributed by atoms with Crippen LogP contribution < -0.4 is 4.90 Å². The van der Waals surface area contributed by atoms with Crippen LogP contribution in [0.4, 0.5) is 17.1 Å². The number of anilines is 3. The molecule has 2 aromatic heterocycles. The Morgan fingerprint density at radius 1 is 0.500 bits per heavy atom. The molecule has 10 aromatic rings. The van der Waals surface area contributed by atoms with Crippen molar-refractivity contribution in [1.29, 1.82) is 0 Å². The highest BCUT2D eigenvalue weighted by molar-refractivity contribution is 7.26. The van der Waals surface area contributed by atoms with E-state index in [1.807, 2.05) is 23.5 Å². The van der Waals surface area contributed by atoms with Gasteiger partial charge in [-0.15, -0.1) is 11.3 Å². The first-order chi connectivity index (χ1) is 25.5. The summed E-state index contributed by atoms with van der Waals surface area (Å²) in [5, 5.41) is 7.41. The molecule has 246 valence electrons. The SMILES string of the molecule is CC1(C)c2ccccc2-c2c1ccc1sc3c(-c4ccc(N(c5ccc6ccccc6c5)c5ccc6oc7ccccc7c6c5)cc4)cccc3c21. The monoisotopic (exact) mass is 683 g/mol. The zero-order valence-corrected chi connectivity index (χ0v) is 29.7. The summed E-state index contributed by atoms with van der Waals surface area (Å²) in [5.41, 5.74) is 13.2. The number of hydrogen-bond acceptors (Lipinski definition) is 3. The Labute approximate surface area is 305 Å². The lowest BCUT2D eigenvalue weighted by Crippen LogP contribution is -2.14. The van der Waals surface area contributed by atoms with Crippen molar-refractivity contribution < 1.29 is 4.42 Å². The van der Waals surface area contributed by atoms with Crippen LogP contribution in [0.2, 0.25) is 0 Å². The molecule has 0 amide bonds. The van der Waals surface area contributed by atoms with Crippen LogP contribution in [0.5, 0.6) is 0 Å². The summed E-state index contributed by atoms with van der Waals surface area (Å²) in [6, 6.07) is 59.8. The topological polar surface area (TPSA) is 16.4 Å². The standard InChI is InChI=1S/C49H33NOS/c1-49(2)41-16-7-5-13-38(41)46-42(49)25-27-45-47(46)39-15-9-14-36(48(39)52-45)31-19-21-33(22-20-31)50(34-23-18-30-10-3-4-11-32(30)28-34)35-24-26-44-40(29-35)37-12-6-8-17-43(37)51-44/h3-29H,1-2H3. The van der Waals surface area contributed by atoms with Crippen molar-refractivity contribution in [2.45, 2.75) is 19.3 Å². The number of nitrogens with zero attached hydrogens (tertiary/aromatic N) is 1. The van der Waals surface area contributed by atoms with E-state index in [1.165, 1.54) is 64.3 Å². The Hall–Kier alpha value is -6.16. The average Bonchev–Trinajstić information content (AvgIpc) is 3.83. The summed E-state index contributed by atoms with van der Waals surface area (Å²) >= 11 is 1.91. The highest BCUT2D eigenvalue weighted by Gasteiger charge is 2.36.